The lowest BCUT2D eigenvalue weighted by Crippen LogP contribution is -2.27. The molecule has 1 aliphatic heterocycles. The monoisotopic (exact) mass is 102 g/mol. The summed E-state index contributed by atoms with van der Waals surface area (Å²) >= 11 is 0. The van der Waals surface area contributed by atoms with Crippen LogP contribution in [0, 0.1) is 0 Å². The molecule has 0 radical (unpaired) electrons. The van der Waals surface area contributed by atoms with Gasteiger partial charge in [-0.25, -0.2) is 0 Å². The lowest BCUT2D eigenvalue weighted by Gasteiger charge is -2.16. The molecule has 0 aromatic carbocycles. The standard InChI is InChI=1S/C3H10Si2/c1-5-3-2-4-5/h5H,2-4H2,1H3. The molecule has 0 saturated carbocycles. The van der Waals surface area contributed by atoms with Gasteiger partial charge in [-0.05, 0) is 0 Å². The molecule has 2 heteroatoms. The van der Waals surface area contributed by atoms with Crippen molar-refractivity contribution in [3.63, 3.8) is 0 Å². The van der Waals surface area contributed by atoms with Gasteiger partial charge in [0.1, 0.15) is 0 Å². The molecule has 0 aromatic heterocycles. The fourth-order valence-electron chi connectivity index (χ4n) is 0.612. The van der Waals surface area contributed by atoms with Crippen molar-refractivity contribution >= 4 is 17.4 Å². The van der Waals surface area contributed by atoms with E-state index in [1.54, 1.807) is 12.1 Å². The zero-order valence-corrected chi connectivity index (χ0v) is 6.27. The molecule has 0 nitrogen and oxygen atoms in total. The summed E-state index contributed by atoms with van der Waals surface area (Å²) in [4.78, 5) is 0. The summed E-state index contributed by atoms with van der Waals surface area (Å²) in [5, 5.41) is 0. The van der Waals surface area contributed by atoms with E-state index in [9.17, 15) is 0 Å². The van der Waals surface area contributed by atoms with Crippen molar-refractivity contribution in [1.82, 2.24) is 0 Å². The molecule has 1 atom stereocenters. The largest absolute Gasteiger partial charge is 0.0744 e. The van der Waals surface area contributed by atoms with Crippen molar-refractivity contribution in [2.45, 2.75) is 18.6 Å². The molecule has 0 amide bonds. The maximum atomic E-state index is 2.51. The summed E-state index contributed by atoms with van der Waals surface area (Å²) in [6.07, 6.45) is 0. The minimum Gasteiger partial charge on any atom is -0.0744 e. The highest BCUT2D eigenvalue weighted by Crippen LogP contribution is 2.08. The molecule has 1 rings (SSSR count). The topological polar surface area (TPSA) is 0 Å². The van der Waals surface area contributed by atoms with Gasteiger partial charge in [-0.3, -0.25) is 0 Å². The molecule has 1 fully saturated rings. The first-order chi connectivity index (χ1) is 2.39. The Morgan fingerprint density at radius 1 is 1.80 bits per heavy atom. The highest BCUT2D eigenvalue weighted by atomic mass is 29.2. The second-order valence-electron chi connectivity index (χ2n) is 2.04. The van der Waals surface area contributed by atoms with Gasteiger partial charge < -0.3 is 0 Å². The molecule has 0 aromatic rings. The van der Waals surface area contributed by atoms with Crippen LogP contribution < -0.4 is 0 Å². The van der Waals surface area contributed by atoms with Crippen molar-refractivity contribution in [3.05, 3.63) is 0 Å². The van der Waals surface area contributed by atoms with Crippen LogP contribution in [0.15, 0.2) is 0 Å². The molecule has 1 saturated heterocycles. The van der Waals surface area contributed by atoms with Gasteiger partial charge in [0.2, 0.25) is 0 Å². The lowest BCUT2D eigenvalue weighted by atomic mass is 10.9. The molecule has 0 bridgehead atoms. The fraction of sp³-hybridized carbons (Fsp3) is 1.00. The summed E-state index contributed by atoms with van der Waals surface area (Å²) in [5.74, 6) is 0. The Balaban J connectivity index is 2.08. The molecule has 0 N–H and O–H groups in total. The maximum Gasteiger partial charge on any atom is 0.0207 e. The first-order valence-electron chi connectivity index (χ1n) is 2.39. The Bertz CT molecular complexity index is 31.9. The second kappa shape index (κ2) is 1.26. The van der Waals surface area contributed by atoms with Crippen molar-refractivity contribution in [2.24, 2.45) is 0 Å². The van der Waals surface area contributed by atoms with Gasteiger partial charge in [0.05, 0.1) is 0 Å². The molecule has 1 unspecified atom stereocenters. The Morgan fingerprint density at radius 2 is 2.20 bits per heavy atom. The van der Waals surface area contributed by atoms with Crippen LogP contribution in [0.1, 0.15) is 0 Å². The summed E-state index contributed by atoms with van der Waals surface area (Å²) in [5.41, 5.74) is 0. The third-order valence-corrected chi connectivity index (χ3v) is 10.8. The van der Waals surface area contributed by atoms with Crippen LogP contribution in [0.4, 0.5) is 0 Å². The number of hydrogen-bond donors (Lipinski definition) is 0. The zero-order valence-electron chi connectivity index (χ0n) is 3.70. The molecule has 0 spiro atoms. The van der Waals surface area contributed by atoms with Crippen molar-refractivity contribution in [2.75, 3.05) is 0 Å². The summed E-state index contributed by atoms with van der Waals surface area (Å²) in [6.45, 7) is 2.51. The average molecular weight is 102 g/mol. The van der Waals surface area contributed by atoms with Gasteiger partial charge in [-0.1, -0.05) is 18.6 Å². The number of hydrogen-bond acceptors (Lipinski definition) is 0. The summed E-state index contributed by atoms with van der Waals surface area (Å²) in [6, 6.07) is 3.37. The smallest absolute Gasteiger partial charge is 0.0207 e. The van der Waals surface area contributed by atoms with E-state index < -0.39 is 0 Å². The predicted octanol–water partition coefficient (Wildman–Crippen LogP) is -0.0593. The van der Waals surface area contributed by atoms with E-state index in [2.05, 4.69) is 6.55 Å². The minimum absolute atomic E-state index is 0.170. The van der Waals surface area contributed by atoms with E-state index in [1.165, 1.54) is 0 Å². The third kappa shape index (κ3) is 0.634. The van der Waals surface area contributed by atoms with Crippen LogP contribution in [0.25, 0.3) is 0 Å². The average Bonchev–Trinajstić information content (AvgIpc) is 1.30. The van der Waals surface area contributed by atoms with E-state index in [-0.39, 0.29) is 8.31 Å². The Kier molecular flexibility index (Phi) is 0.914. The minimum atomic E-state index is 0.170. The van der Waals surface area contributed by atoms with Crippen molar-refractivity contribution in [3.8, 4) is 0 Å². The van der Waals surface area contributed by atoms with Crippen LogP contribution in [0.2, 0.25) is 18.6 Å². The second-order valence-corrected chi connectivity index (χ2v) is 12.0. The Labute approximate surface area is 36.8 Å². The van der Waals surface area contributed by atoms with Gasteiger partial charge in [0.25, 0.3) is 0 Å². The Hall–Kier alpha value is 0.434. The molecule has 30 valence electrons. The molecule has 0 aliphatic carbocycles. The van der Waals surface area contributed by atoms with Crippen LogP contribution in [0.5, 0.6) is 0 Å². The van der Waals surface area contributed by atoms with Gasteiger partial charge >= 0.3 is 0 Å². The molecule has 5 heavy (non-hydrogen) atoms. The van der Waals surface area contributed by atoms with Crippen molar-refractivity contribution < 1.29 is 0 Å². The normalized spacial score (nSPS) is 41.4. The molecular weight excluding hydrogens is 92.2 g/mol. The lowest BCUT2D eigenvalue weighted by molar-refractivity contribution is 1.36. The van der Waals surface area contributed by atoms with Gasteiger partial charge in [-0.2, -0.15) is 0 Å². The van der Waals surface area contributed by atoms with Gasteiger partial charge in [-0.15, -0.1) is 0 Å². The molecule has 1 heterocycles. The van der Waals surface area contributed by atoms with E-state index in [0.29, 0.717) is 9.04 Å². The van der Waals surface area contributed by atoms with E-state index in [0.717, 1.165) is 0 Å². The van der Waals surface area contributed by atoms with Crippen molar-refractivity contribution in [1.29, 1.82) is 0 Å². The maximum absolute atomic E-state index is 2.51. The quantitative estimate of drug-likeness (QED) is 0.376. The summed E-state index contributed by atoms with van der Waals surface area (Å²) < 4.78 is 0. The zero-order chi connectivity index (χ0) is 3.70. The van der Waals surface area contributed by atoms with Crippen LogP contribution in [-0.4, -0.2) is 17.4 Å². The van der Waals surface area contributed by atoms with Gasteiger partial charge in [0.15, 0.2) is 0 Å². The predicted molar refractivity (Wildman–Crippen MR) is 31.2 cm³/mol. The van der Waals surface area contributed by atoms with Crippen LogP contribution >= 0.6 is 0 Å². The third-order valence-electron chi connectivity index (χ3n) is 1.39. The first kappa shape index (κ1) is 3.62. The highest BCUT2D eigenvalue weighted by Gasteiger charge is 2.11. The highest BCUT2D eigenvalue weighted by molar-refractivity contribution is 7.16. The fourth-order valence-corrected chi connectivity index (χ4v) is 5.51. The Morgan fingerprint density at radius 3 is 2.20 bits per heavy atom. The number of rotatable bonds is 0. The van der Waals surface area contributed by atoms with E-state index >= 15 is 0 Å². The van der Waals surface area contributed by atoms with E-state index in [1.807, 2.05) is 0 Å². The SMILES string of the molecule is C[SiH]1CC[SiH2]1. The summed E-state index contributed by atoms with van der Waals surface area (Å²) in [7, 11) is 0.838. The van der Waals surface area contributed by atoms with E-state index in [4.69, 9.17) is 0 Å². The van der Waals surface area contributed by atoms with Crippen LogP contribution in [0.3, 0.4) is 0 Å². The first-order valence-corrected chi connectivity index (χ1v) is 8.63. The van der Waals surface area contributed by atoms with Gasteiger partial charge in [0, 0.05) is 17.4 Å². The van der Waals surface area contributed by atoms with Crippen LogP contribution in [-0.2, 0) is 0 Å². The molecular formula is C3H10Si2. The molecule has 1 aliphatic rings.